The van der Waals surface area contributed by atoms with Crippen LogP contribution in [0.1, 0.15) is 11.1 Å². The molecule has 0 radical (unpaired) electrons. The fourth-order valence-electron chi connectivity index (χ4n) is 1.85. The van der Waals surface area contributed by atoms with Crippen molar-refractivity contribution in [2.24, 2.45) is 0 Å². The Kier molecular flexibility index (Phi) is 5.87. The number of carbonyl (C=O) groups is 1. The normalized spacial score (nSPS) is 10.7. The summed E-state index contributed by atoms with van der Waals surface area (Å²) in [5.41, 5.74) is 1.66. The molecule has 1 N–H and O–H groups in total. The Morgan fingerprint density at radius 2 is 2.00 bits per heavy atom. The number of hydrogen-bond donors (Lipinski definition) is 1. The van der Waals surface area contributed by atoms with Crippen molar-refractivity contribution >= 4 is 35.2 Å². The van der Waals surface area contributed by atoms with Gasteiger partial charge in [0.15, 0.2) is 0 Å². The van der Waals surface area contributed by atoms with Gasteiger partial charge in [-0.2, -0.15) is 0 Å². The van der Waals surface area contributed by atoms with Gasteiger partial charge in [0.05, 0.1) is 17.2 Å². The van der Waals surface area contributed by atoms with E-state index in [4.69, 9.17) is 27.9 Å². The zero-order valence-corrected chi connectivity index (χ0v) is 13.5. The highest BCUT2D eigenvalue weighted by atomic mass is 35.5. The first-order valence-electron chi connectivity index (χ1n) is 6.63. The number of carbonyl (C=O) groups excluding carboxylic acids is 1. The second kappa shape index (κ2) is 7.87. The third-order valence-corrected chi connectivity index (χ3v) is 3.83. The molecule has 0 fully saturated rings. The first-order chi connectivity index (χ1) is 10.6. The largest absolute Gasteiger partial charge is 0.497 e. The molecular formula is C17H15Cl2NO2. The number of amides is 1. The highest BCUT2D eigenvalue weighted by Gasteiger charge is 2.02. The molecule has 0 aliphatic carbocycles. The zero-order valence-electron chi connectivity index (χ0n) is 12.0. The molecule has 0 aliphatic rings. The standard InChI is InChI=1S/C17H15Cl2NO2/c1-22-14-6-2-4-12(10-14)11-20-16(21)9-8-13-5-3-7-15(18)17(13)19/h2-10H,11H2,1H3,(H,20,21)/b9-8+. The van der Waals surface area contributed by atoms with Gasteiger partial charge < -0.3 is 10.1 Å². The smallest absolute Gasteiger partial charge is 0.244 e. The molecule has 0 aliphatic heterocycles. The molecule has 1 amide bonds. The lowest BCUT2D eigenvalue weighted by atomic mass is 10.2. The van der Waals surface area contributed by atoms with Gasteiger partial charge in [-0.05, 0) is 35.4 Å². The zero-order chi connectivity index (χ0) is 15.9. The SMILES string of the molecule is COc1cccc(CNC(=O)/C=C/c2cccc(Cl)c2Cl)c1. The van der Waals surface area contributed by atoms with Gasteiger partial charge in [0, 0.05) is 12.6 Å². The quantitative estimate of drug-likeness (QED) is 0.826. The predicted molar refractivity (Wildman–Crippen MR) is 90.3 cm³/mol. The molecule has 0 atom stereocenters. The lowest BCUT2D eigenvalue weighted by Gasteiger charge is -2.05. The topological polar surface area (TPSA) is 38.3 Å². The van der Waals surface area contributed by atoms with Crippen LogP contribution in [0.15, 0.2) is 48.5 Å². The van der Waals surface area contributed by atoms with E-state index in [1.807, 2.05) is 24.3 Å². The fraction of sp³-hybridized carbons (Fsp3) is 0.118. The average Bonchev–Trinajstić information content (AvgIpc) is 2.54. The van der Waals surface area contributed by atoms with Crippen molar-refractivity contribution in [1.29, 1.82) is 0 Å². The molecule has 2 aromatic carbocycles. The Labute approximate surface area is 139 Å². The number of halogens is 2. The van der Waals surface area contributed by atoms with Crippen LogP contribution in [0.4, 0.5) is 0 Å². The monoisotopic (exact) mass is 335 g/mol. The highest BCUT2D eigenvalue weighted by molar-refractivity contribution is 6.42. The van der Waals surface area contributed by atoms with Crippen molar-refractivity contribution < 1.29 is 9.53 Å². The summed E-state index contributed by atoms with van der Waals surface area (Å²) < 4.78 is 5.14. The van der Waals surface area contributed by atoms with Gasteiger partial charge in [-0.3, -0.25) is 4.79 Å². The lowest BCUT2D eigenvalue weighted by Crippen LogP contribution is -2.20. The molecule has 0 aromatic heterocycles. The fourth-order valence-corrected chi connectivity index (χ4v) is 2.22. The number of rotatable bonds is 5. The third kappa shape index (κ3) is 4.52. The summed E-state index contributed by atoms with van der Waals surface area (Å²) in [6, 6.07) is 12.8. The van der Waals surface area contributed by atoms with Gasteiger partial charge in [-0.1, -0.05) is 47.5 Å². The van der Waals surface area contributed by atoms with Crippen molar-refractivity contribution in [1.82, 2.24) is 5.32 Å². The Morgan fingerprint density at radius 3 is 2.77 bits per heavy atom. The first-order valence-corrected chi connectivity index (χ1v) is 7.38. The van der Waals surface area contributed by atoms with Gasteiger partial charge >= 0.3 is 0 Å². The molecular weight excluding hydrogens is 321 g/mol. The minimum absolute atomic E-state index is 0.209. The minimum Gasteiger partial charge on any atom is -0.497 e. The molecule has 2 rings (SSSR count). The average molecular weight is 336 g/mol. The molecule has 3 nitrogen and oxygen atoms in total. The van der Waals surface area contributed by atoms with Crippen LogP contribution in [0.25, 0.3) is 6.08 Å². The maximum absolute atomic E-state index is 11.8. The van der Waals surface area contributed by atoms with E-state index in [1.165, 1.54) is 6.08 Å². The van der Waals surface area contributed by atoms with Crippen LogP contribution < -0.4 is 10.1 Å². The Balaban J connectivity index is 1.95. The summed E-state index contributed by atoms with van der Waals surface area (Å²) in [5, 5.41) is 3.69. The van der Waals surface area contributed by atoms with Crippen molar-refractivity contribution in [2.75, 3.05) is 7.11 Å². The number of methoxy groups -OCH3 is 1. The second-order valence-corrected chi connectivity index (χ2v) is 5.33. The molecule has 0 unspecified atom stereocenters. The first kappa shape index (κ1) is 16.4. The summed E-state index contributed by atoms with van der Waals surface area (Å²) in [4.78, 5) is 11.8. The van der Waals surface area contributed by atoms with E-state index < -0.39 is 0 Å². The van der Waals surface area contributed by atoms with Crippen molar-refractivity contribution in [3.05, 3.63) is 69.7 Å². The summed E-state index contributed by atoms with van der Waals surface area (Å²) >= 11 is 12.0. The number of nitrogens with one attached hydrogen (secondary N) is 1. The van der Waals surface area contributed by atoms with E-state index >= 15 is 0 Å². The summed E-state index contributed by atoms with van der Waals surface area (Å²) in [6.45, 7) is 0.420. The van der Waals surface area contributed by atoms with Crippen molar-refractivity contribution in [2.45, 2.75) is 6.54 Å². The van der Waals surface area contributed by atoms with Crippen LogP contribution in [-0.2, 0) is 11.3 Å². The molecule has 0 saturated carbocycles. The summed E-state index contributed by atoms with van der Waals surface area (Å²) in [5.74, 6) is 0.548. The highest BCUT2D eigenvalue weighted by Crippen LogP contribution is 2.26. The molecule has 2 aromatic rings. The van der Waals surface area contributed by atoms with Crippen LogP contribution in [0.2, 0.25) is 10.0 Å². The van der Waals surface area contributed by atoms with E-state index in [-0.39, 0.29) is 5.91 Å². The van der Waals surface area contributed by atoms with E-state index in [0.29, 0.717) is 22.2 Å². The molecule has 0 bridgehead atoms. The van der Waals surface area contributed by atoms with Crippen LogP contribution in [0.5, 0.6) is 5.75 Å². The number of ether oxygens (including phenoxy) is 1. The Morgan fingerprint density at radius 1 is 1.23 bits per heavy atom. The van der Waals surface area contributed by atoms with E-state index in [1.54, 1.807) is 31.4 Å². The van der Waals surface area contributed by atoms with Crippen LogP contribution in [0.3, 0.4) is 0 Å². The van der Waals surface area contributed by atoms with Gasteiger partial charge in [0.2, 0.25) is 5.91 Å². The second-order valence-electron chi connectivity index (χ2n) is 4.55. The van der Waals surface area contributed by atoms with Gasteiger partial charge in [-0.25, -0.2) is 0 Å². The van der Waals surface area contributed by atoms with Crippen LogP contribution in [-0.4, -0.2) is 13.0 Å². The van der Waals surface area contributed by atoms with Crippen LogP contribution in [0, 0.1) is 0 Å². The Bertz CT molecular complexity index is 699. The molecule has 0 saturated heterocycles. The molecule has 5 heteroatoms. The van der Waals surface area contributed by atoms with Gasteiger partial charge in [0.25, 0.3) is 0 Å². The van der Waals surface area contributed by atoms with Gasteiger partial charge in [0.1, 0.15) is 5.75 Å². The van der Waals surface area contributed by atoms with Crippen LogP contribution >= 0.6 is 23.2 Å². The van der Waals surface area contributed by atoms with E-state index in [9.17, 15) is 4.79 Å². The number of hydrogen-bond acceptors (Lipinski definition) is 2. The minimum atomic E-state index is -0.209. The van der Waals surface area contributed by atoms with E-state index in [0.717, 1.165) is 11.3 Å². The lowest BCUT2D eigenvalue weighted by molar-refractivity contribution is -0.116. The van der Waals surface area contributed by atoms with Crippen molar-refractivity contribution in [3.8, 4) is 5.75 Å². The third-order valence-electron chi connectivity index (χ3n) is 3.00. The van der Waals surface area contributed by atoms with Gasteiger partial charge in [-0.15, -0.1) is 0 Å². The van der Waals surface area contributed by atoms with Crippen molar-refractivity contribution in [3.63, 3.8) is 0 Å². The maximum Gasteiger partial charge on any atom is 0.244 e. The molecule has 22 heavy (non-hydrogen) atoms. The summed E-state index contributed by atoms with van der Waals surface area (Å²) in [7, 11) is 1.61. The summed E-state index contributed by atoms with van der Waals surface area (Å²) in [6.07, 6.45) is 3.06. The molecule has 114 valence electrons. The molecule has 0 heterocycles. The Hall–Kier alpha value is -1.97. The maximum atomic E-state index is 11.8. The van der Waals surface area contributed by atoms with E-state index in [2.05, 4.69) is 5.32 Å². The predicted octanol–water partition coefficient (Wildman–Crippen LogP) is 4.33. The number of benzene rings is 2. The molecule has 0 spiro atoms.